The van der Waals surface area contributed by atoms with Crippen LogP contribution in [-0.2, 0) is 5.41 Å². The molecule has 6 rings (SSSR count). The number of fused-ring (bicyclic) bond motifs is 5. The number of piperazine rings is 1. The van der Waals surface area contributed by atoms with Gasteiger partial charge >= 0.3 is 0 Å². The van der Waals surface area contributed by atoms with Crippen LogP contribution in [-0.4, -0.2) is 41.1 Å². The van der Waals surface area contributed by atoms with Gasteiger partial charge in [-0.25, -0.2) is 9.97 Å². The lowest BCUT2D eigenvalue weighted by atomic mass is 9.67. The van der Waals surface area contributed by atoms with Crippen molar-refractivity contribution in [3.63, 3.8) is 0 Å². The van der Waals surface area contributed by atoms with Crippen molar-refractivity contribution >= 4 is 17.3 Å². The molecule has 1 spiro atoms. The molecule has 1 aromatic carbocycles. The maximum absolute atomic E-state index is 5.08. The summed E-state index contributed by atoms with van der Waals surface area (Å²) in [5.41, 5.74) is 6.91. The lowest BCUT2D eigenvalue weighted by Crippen LogP contribution is -2.43. The smallest absolute Gasteiger partial charge is 0.227 e. The van der Waals surface area contributed by atoms with E-state index in [1.807, 2.05) is 18.6 Å². The predicted octanol–water partition coefficient (Wildman–Crippen LogP) is 4.67. The first kappa shape index (κ1) is 20.4. The zero-order valence-electron chi connectivity index (χ0n) is 19.3. The number of benzene rings is 1. The number of aromatic nitrogens is 3. The fourth-order valence-electron chi connectivity index (χ4n) is 5.37. The van der Waals surface area contributed by atoms with Crippen molar-refractivity contribution in [3.05, 3.63) is 72.3 Å². The van der Waals surface area contributed by atoms with Gasteiger partial charge in [0, 0.05) is 61.7 Å². The van der Waals surface area contributed by atoms with E-state index in [-0.39, 0.29) is 10.8 Å². The minimum Gasteiger partial charge on any atom is -0.369 e. The number of rotatable bonds is 3. The van der Waals surface area contributed by atoms with Crippen LogP contribution < -0.4 is 15.5 Å². The highest BCUT2D eigenvalue weighted by Gasteiger charge is 2.46. The monoisotopic (exact) mass is 438 g/mol. The first-order chi connectivity index (χ1) is 16.0. The standard InChI is InChI=1S/C27H30N6/c1-26(2)8-10-27(11-9-26)23-18-29-12-7-21(23)22-17-30-25(32-24(22)27)31-19-3-5-20(6-4-19)33-15-13-28-14-16-33/h3-8,10,12,17-18,28H,9,11,13-16H2,1-2H3,(H,30,31,32). The van der Waals surface area contributed by atoms with Crippen LogP contribution in [0.1, 0.15) is 37.9 Å². The fourth-order valence-corrected chi connectivity index (χ4v) is 5.37. The summed E-state index contributed by atoms with van der Waals surface area (Å²) in [6, 6.07) is 10.7. The van der Waals surface area contributed by atoms with E-state index < -0.39 is 0 Å². The number of hydrogen-bond acceptors (Lipinski definition) is 6. The number of allylic oxidation sites excluding steroid dienone is 2. The van der Waals surface area contributed by atoms with Crippen LogP contribution in [0.15, 0.2) is 61.1 Å². The molecule has 168 valence electrons. The molecule has 1 fully saturated rings. The lowest BCUT2D eigenvalue weighted by molar-refractivity contribution is 0.353. The Morgan fingerprint density at radius 2 is 1.76 bits per heavy atom. The van der Waals surface area contributed by atoms with Crippen molar-refractivity contribution in [3.8, 4) is 11.1 Å². The van der Waals surface area contributed by atoms with Crippen molar-refractivity contribution in [2.45, 2.75) is 32.1 Å². The van der Waals surface area contributed by atoms with Crippen LogP contribution in [0.25, 0.3) is 11.1 Å². The van der Waals surface area contributed by atoms with Crippen molar-refractivity contribution in [2.24, 2.45) is 5.41 Å². The van der Waals surface area contributed by atoms with Gasteiger partial charge in [-0.1, -0.05) is 26.0 Å². The highest BCUT2D eigenvalue weighted by molar-refractivity contribution is 5.80. The van der Waals surface area contributed by atoms with Gasteiger partial charge in [0.15, 0.2) is 0 Å². The molecule has 0 amide bonds. The molecule has 1 saturated heterocycles. The molecule has 6 heteroatoms. The van der Waals surface area contributed by atoms with Crippen molar-refractivity contribution < 1.29 is 0 Å². The number of nitrogens with zero attached hydrogens (tertiary/aromatic N) is 4. The summed E-state index contributed by atoms with van der Waals surface area (Å²) in [5.74, 6) is 0.641. The zero-order chi connectivity index (χ0) is 22.5. The second-order valence-electron chi connectivity index (χ2n) is 10.1. The molecule has 0 radical (unpaired) electrons. The number of nitrogens with one attached hydrogen (secondary N) is 2. The van der Waals surface area contributed by atoms with Gasteiger partial charge < -0.3 is 15.5 Å². The normalized spacial score (nSPS) is 22.8. The average Bonchev–Trinajstić information content (AvgIpc) is 3.12. The maximum atomic E-state index is 5.08. The molecule has 2 N–H and O–H groups in total. The Morgan fingerprint density at radius 1 is 0.939 bits per heavy atom. The van der Waals surface area contributed by atoms with E-state index in [0.29, 0.717) is 5.95 Å². The molecule has 2 aromatic heterocycles. The fraction of sp³-hybridized carbons (Fsp3) is 0.370. The van der Waals surface area contributed by atoms with Gasteiger partial charge in [-0.15, -0.1) is 0 Å². The van der Waals surface area contributed by atoms with Gasteiger partial charge in [-0.3, -0.25) is 4.98 Å². The molecule has 0 saturated carbocycles. The van der Waals surface area contributed by atoms with E-state index in [1.165, 1.54) is 16.8 Å². The van der Waals surface area contributed by atoms with Gasteiger partial charge in [-0.2, -0.15) is 0 Å². The Hall–Kier alpha value is -3.25. The molecule has 0 bridgehead atoms. The summed E-state index contributed by atoms with van der Waals surface area (Å²) < 4.78 is 0. The second-order valence-corrected chi connectivity index (χ2v) is 10.1. The molecule has 3 aromatic rings. The molecule has 2 aliphatic carbocycles. The van der Waals surface area contributed by atoms with Crippen LogP contribution in [0.3, 0.4) is 0 Å². The molecule has 1 atom stereocenters. The summed E-state index contributed by atoms with van der Waals surface area (Å²) in [5, 5.41) is 6.84. The Bertz CT molecular complexity index is 1210. The highest BCUT2D eigenvalue weighted by Crippen LogP contribution is 2.54. The summed E-state index contributed by atoms with van der Waals surface area (Å²) >= 11 is 0. The molecular formula is C27H30N6. The quantitative estimate of drug-likeness (QED) is 0.580. The van der Waals surface area contributed by atoms with E-state index in [0.717, 1.165) is 56.0 Å². The third-order valence-electron chi connectivity index (χ3n) is 7.39. The van der Waals surface area contributed by atoms with Gasteiger partial charge in [0.1, 0.15) is 0 Å². The van der Waals surface area contributed by atoms with Gasteiger partial charge in [0.2, 0.25) is 5.95 Å². The third kappa shape index (κ3) is 3.49. The van der Waals surface area contributed by atoms with Crippen LogP contribution in [0.4, 0.5) is 17.3 Å². The summed E-state index contributed by atoms with van der Waals surface area (Å²) in [7, 11) is 0. The molecule has 3 aliphatic rings. The first-order valence-corrected chi connectivity index (χ1v) is 11.9. The number of hydrogen-bond donors (Lipinski definition) is 2. The Labute approximate surface area is 195 Å². The van der Waals surface area contributed by atoms with Crippen molar-refractivity contribution in [1.82, 2.24) is 20.3 Å². The van der Waals surface area contributed by atoms with Crippen LogP contribution >= 0.6 is 0 Å². The van der Waals surface area contributed by atoms with Crippen LogP contribution in [0.2, 0.25) is 0 Å². The molecule has 3 heterocycles. The van der Waals surface area contributed by atoms with E-state index in [9.17, 15) is 0 Å². The van der Waals surface area contributed by atoms with Crippen molar-refractivity contribution in [2.75, 3.05) is 36.4 Å². The summed E-state index contributed by atoms with van der Waals surface area (Å²) in [6.45, 7) is 8.76. The Balaban J connectivity index is 1.32. The lowest BCUT2D eigenvalue weighted by Gasteiger charge is -2.36. The highest BCUT2D eigenvalue weighted by atomic mass is 15.2. The van der Waals surface area contributed by atoms with Gasteiger partial charge in [0.25, 0.3) is 0 Å². The molecule has 1 unspecified atom stereocenters. The minimum absolute atomic E-state index is 0.205. The summed E-state index contributed by atoms with van der Waals surface area (Å²) in [4.78, 5) is 16.6. The van der Waals surface area contributed by atoms with Crippen LogP contribution in [0.5, 0.6) is 0 Å². The zero-order valence-corrected chi connectivity index (χ0v) is 19.3. The minimum atomic E-state index is -0.222. The average molecular weight is 439 g/mol. The SMILES string of the molecule is CC1(C)C=CC2(CC1)c1cnccc1-c1cnc(Nc3ccc(N4CCNCC4)cc3)nc12. The number of anilines is 3. The Morgan fingerprint density at radius 3 is 2.52 bits per heavy atom. The molecule has 1 aliphatic heterocycles. The maximum Gasteiger partial charge on any atom is 0.227 e. The first-order valence-electron chi connectivity index (χ1n) is 11.9. The largest absolute Gasteiger partial charge is 0.369 e. The van der Waals surface area contributed by atoms with Crippen LogP contribution in [0, 0.1) is 5.41 Å². The van der Waals surface area contributed by atoms with Gasteiger partial charge in [-0.05, 0) is 59.7 Å². The van der Waals surface area contributed by atoms with Crippen molar-refractivity contribution in [1.29, 1.82) is 0 Å². The molecular weight excluding hydrogens is 408 g/mol. The number of pyridine rings is 1. The topological polar surface area (TPSA) is 66.0 Å². The third-order valence-corrected chi connectivity index (χ3v) is 7.39. The van der Waals surface area contributed by atoms with E-state index >= 15 is 0 Å². The molecule has 6 nitrogen and oxygen atoms in total. The van der Waals surface area contributed by atoms with E-state index in [2.05, 4.69) is 81.8 Å². The molecule has 33 heavy (non-hydrogen) atoms. The second kappa shape index (κ2) is 7.66. The predicted molar refractivity (Wildman–Crippen MR) is 133 cm³/mol. The summed E-state index contributed by atoms with van der Waals surface area (Å²) in [6.07, 6.45) is 12.7. The van der Waals surface area contributed by atoms with E-state index in [1.54, 1.807) is 0 Å². The van der Waals surface area contributed by atoms with E-state index in [4.69, 9.17) is 4.98 Å². The Kier molecular flexibility index (Phi) is 4.73. The van der Waals surface area contributed by atoms with Gasteiger partial charge in [0.05, 0.1) is 11.1 Å².